The fraction of sp³-hybridized carbons (Fsp3) is 0.714. The van der Waals surface area contributed by atoms with E-state index in [0.29, 0.717) is 13.0 Å². The molecule has 70 valence electrons. The smallest absolute Gasteiger partial charge is 0.303 e. The van der Waals surface area contributed by atoms with Crippen LogP contribution in [0, 0.1) is 0 Å². The molecule has 0 bridgehead atoms. The lowest BCUT2D eigenvalue weighted by Gasteiger charge is -1.99. The van der Waals surface area contributed by atoms with Gasteiger partial charge in [0.15, 0.2) is 0 Å². The van der Waals surface area contributed by atoms with Crippen molar-refractivity contribution in [3.05, 3.63) is 0 Å². The van der Waals surface area contributed by atoms with E-state index < -0.39 is 11.9 Å². The van der Waals surface area contributed by atoms with Gasteiger partial charge in [0, 0.05) is 6.42 Å². The summed E-state index contributed by atoms with van der Waals surface area (Å²) in [6.07, 6.45) is 1.55. The van der Waals surface area contributed by atoms with Crippen molar-refractivity contribution in [3.8, 4) is 0 Å². The zero-order chi connectivity index (χ0) is 9.40. The van der Waals surface area contributed by atoms with Crippen LogP contribution in [0.5, 0.6) is 0 Å². The molecule has 12 heavy (non-hydrogen) atoms. The average Bonchev–Trinajstić information content (AvgIpc) is 1.95. The molecule has 0 heterocycles. The topological polar surface area (TPSA) is 92.4 Å². The Labute approximate surface area is 70.9 Å². The molecule has 0 atom stereocenters. The maximum Gasteiger partial charge on any atom is 0.303 e. The number of hydrogen-bond acceptors (Lipinski definition) is 3. The van der Waals surface area contributed by atoms with Crippen LogP contribution < -0.4 is 11.1 Å². The highest BCUT2D eigenvalue weighted by atomic mass is 16.4. The average molecular weight is 174 g/mol. The normalized spacial score (nSPS) is 9.67. The van der Waals surface area contributed by atoms with Crippen molar-refractivity contribution >= 4 is 11.9 Å². The van der Waals surface area contributed by atoms with E-state index in [9.17, 15) is 9.59 Å². The Kier molecular flexibility index (Phi) is 6.00. The summed E-state index contributed by atoms with van der Waals surface area (Å²) < 4.78 is 0. The maximum atomic E-state index is 10.2. The predicted octanol–water partition coefficient (Wildman–Crippen LogP) is -0.684. The summed E-state index contributed by atoms with van der Waals surface area (Å²) in [5.41, 5.74) is 4.86. The number of amides is 1. The van der Waals surface area contributed by atoms with Gasteiger partial charge in [-0.3, -0.25) is 9.59 Å². The number of nitrogens with two attached hydrogens (primary N) is 1. The van der Waals surface area contributed by atoms with Crippen LogP contribution in [-0.4, -0.2) is 30.1 Å². The van der Waals surface area contributed by atoms with Crippen molar-refractivity contribution in [1.82, 2.24) is 5.32 Å². The van der Waals surface area contributed by atoms with E-state index >= 15 is 0 Å². The Morgan fingerprint density at radius 1 is 1.33 bits per heavy atom. The minimum Gasteiger partial charge on any atom is -0.481 e. The van der Waals surface area contributed by atoms with Gasteiger partial charge in [-0.1, -0.05) is 0 Å². The van der Waals surface area contributed by atoms with Crippen LogP contribution in [0.15, 0.2) is 0 Å². The van der Waals surface area contributed by atoms with Crippen molar-refractivity contribution in [2.45, 2.75) is 19.3 Å². The van der Waals surface area contributed by atoms with Gasteiger partial charge < -0.3 is 16.2 Å². The van der Waals surface area contributed by atoms with Crippen LogP contribution >= 0.6 is 0 Å². The molecule has 0 aromatic carbocycles. The number of carboxylic acids is 1. The summed E-state index contributed by atoms with van der Waals surface area (Å²) in [6, 6.07) is 0. The van der Waals surface area contributed by atoms with Gasteiger partial charge in [0.25, 0.3) is 0 Å². The SMILES string of the molecule is NC(=O)CNCCCCC(=O)O. The molecule has 5 heteroatoms. The predicted molar refractivity (Wildman–Crippen MR) is 43.6 cm³/mol. The monoisotopic (exact) mass is 174 g/mol. The number of carboxylic acid groups (broad SMARTS) is 1. The molecule has 4 N–H and O–H groups in total. The van der Waals surface area contributed by atoms with E-state index in [1.165, 1.54) is 0 Å². The quantitative estimate of drug-likeness (QED) is 0.446. The Hall–Kier alpha value is -1.10. The number of rotatable bonds is 7. The lowest BCUT2D eigenvalue weighted by molar-refractivity contribution is -0.137. The van der Waals surface area contributed by atoms with Gasteiger partial charge in [-0.05, 0) is 19.4 Å². The van der Waals surface area contributed by atoms with Gasteiger partial charge in [0.1, 0.15) is 0 Å². The molecule has 0 aliphatic rings. The Morgan fingerprint density at radius 3 is 2.50 bits per heavy atom. The molecule has 0 spiro atoms. The van der Waals surface area contributed by atoms with Crippen LogP contribution in [0.3, 0.4) is 0 Å². The van der Waals surface area contributed by atoms with Crippen molar-refractivity contribution in [3.63, 3.8) is 0 Å². The Bertz CT molecular complexity index is 141. The number of nitrogens with one attached hydrogen (secondary N) is 1. The highest BCUT2D eigenvalue weighted by molar-refractivity contribution is 5.75. The molecular weight excluding hydrogens is 160 g/mol. The summed E-state index contributed by atoms with van der Waals surface area (Å²) in [7, 11) is 0. The van der Waals surface area contributed by atoms with Gasteiger partial charge in [-0.25, -0.2) is 0 Å². The molecular formula is C7H14N2O3. The minimum atomic E-state index is -0.787. The molecule has 0 saturated carbocycles. The standard InChI is InChI=1S/C7H14N2O3/c8-6(10)5-9-4-2-1-3-7(11)12/h9H,1-5H2,(H2,8,10)(H,11,12). The summed E-state index contributed by atoms with van der Waals surface area (Å²) in [6.45, 7) is 0.795. The second kappa shape index (κ2) is 6.60. The zero-order valence-electron chi connectivity index (χ0n) is 6.88. The molecule has 5 nitrogen and oxygen atoms in total. The molecule has 0 rings (SSSR count). The van der Waals surface area contributed by atoms with Gasteiger partial charge >= 0.3 is 5.97 Å². The highest BCUT2D eigenvalue weighted by Gasteiger charge is 1.96. The lowest BCUT2D eigenvalue weighted by atomic mass is 10.2. The van der Waals surface area contributed by atoms with E-state index in [4.69, 9.17) is 10.8 Å². The van der Waals surface area contributed by atoms with E-state index in [-0.39, 0.29) is 13.0 Å². The van der Waals surface area contributed by atoms with Crippen LogP contribution in [0.1, 0.15) is 19.3 Å². The van der Waals surface area contributed by atoms with E-state index in [0.717, 1.165) is 6.42 Å². The fourth-order valence-electron chi connectivity index (χ4n) is 0.738. The Balaban J connectivity index is 3.01. The molecule has 0 aliphatic carbocycles. The zero-order valence-corrected chi connectivity index (χ0v) is 6.88. The van der Waals surface area contributed by atoms with E-state index in [1.807, 2.05) is 0 Å². The van der Waals surface area contributed by atoms with Crippen molar-refractivity contribution < 1.29 is 14.7 Å². The van der Waals surface area contributed by atoms with Crippen molar-refractivity contribution in [1.29, 1.82) is 0 Å². The third-order valence-corrected chi connectivity index (χ3v) is 1.29. The third-order valence-electron chi connectivity index (χ3n) is 1.29. The molecule has 0 fully saturated rings. The largest absolute Gasteiger partial charge is 0.481 e. The molecule has 0 saturated heterocycles. The van der Waals surface area contributed by atoms with Gasteiger partial charge in [-0.15, -0.1) is 0 Å². The van der Waals surface area contributed by atoms with E-state index in [1.54, 1.807) is 0 Å². The summed E-state index contributed by atoms with van der Waals surface area (Å²) >= 11 is 0. The molecule has 0 radical (unpaired) electrons. The molecule has 0 aliphatic heterocycles. The van der Waals surface area contributed by atoms with Gasteiger partial charge in [0.05, 0.1) is 6.54 Å². The molecule has 0 aromatic rings. The number of hydrogen-bond donors (Lipinski definition) is 3. The first-order chi connectivity index (χ1) is 5.63. The molecule has 1 amide bonds. The first kappa shape index (κ1) is 10.9. The summed E-state index contributed by atoms with van der Waals surface area (Å²) in [4.78, 5) is 20.3. The molecule has 0 unspecified atom stereocenters. The number of aliphatic carboxylic acids is 1. The first-order valence-corrected chi connectivity index (χ1v) is 3.83. The second-order valence-electron chi connectivity index (χ2n) is 2.49. The van der Waals surface area contributed by atoms with Crippen molar-refractivity contribution in [2.75, 3.05) is 13.1 Å². The summed E-state index contributed by atoms with van der Waals surface area (Å²) in [5, 5.41) is 11.1. The fourth-order valence-corrected chi connectivity index (χ4v) is 0.738. The molecule has 0 aromatic heterocycles. The van der Waals surface area contributed by atoms with Crippen LogP contribution in [0.4, 0.5) is 0 Å². The van der Waals surface area contributed by atoms with Crippen LogP contribution in [-0.2, 0) is 9.59 Å². The van der Waals surface area contributed by atoms with Gasteiger partial charge in [-0.2, -0.15) is 0 Å². The maximum absolute atomic E-state index is 10.2. The number of carbonyl (C=O) groups is 2. The third kappa shape index (κ3) is 8.90. The number of unbranched alkanes of at least 4 members (excludes halogenated alkanes) is 1. The minimum absolute atomic E-state index is 0.160. The van der Waals surface area contributed by atoms with Crippen LogP contribution in [0.25, 0.3) is 0 Å². The first-order valence-electron chi connectivity index (χ1n) is 3.83. The number of primary amides is 1. The van der Waals surface area contributed by atoms with Crippen molar-refractivity contribution in [2.24, 2.45) is 5.73 Å². The second-order valence-corrected chi connectivity index (χ2v) is 2.49. The number of carbonyl (C=O) groups excluding carboxylic acids is 1. The Morgan fingerprint density at radius 2 is 2.00 bits per heavy atom. The summed E-state index contributed by atoms with van der Waals surface area (Å²) in [5.74, 6) is -1.18. The van der Waals surface area contributed by atoms with Crippen LogP contribution in [0.2, 0.25) is 0 Å². The lowest BCUT2D eigenvalue weighted by Crippen LogP contribution is -2.29. The van der Waals surface area contributed by atoms with E-state index in [2.05, 4.69) is 5.32 Å². The highest BCUT2D eigenvalue weighted by Crippen LogP contribution is 1.92. The van der Waals surface area contributed by atoms with Gasteiger partial charge in [0.2, 0.25) is 5.91 Å².